The number of carboxylic acid groups (broad SMARTS) is 1. The number of carbonyl (C=O) groups excluding carboxylic acids is 3. The van der Waals surface area contributed by atoms with Gasteiger partial charge in [0.05, 0.1) is 90.3 Å². The Hall–Kier alpha value is -4.60. The molecular weight excluding hydrogens is 831 g/mol. The molecule has 0 unspecified atom stereocenters. The maximum absolute atomic E-state index is 13.9. The van der Waals surface area contributed by atoms with E-state index in [0.29, 0.717) is 110 Å². The average Bonchev–Trinajstić information content (AvgIpc) is 3.72. The number of carbonyl (C=O) groups is 4. The van der Waals surface area contributed by atoms with Gasteiger partial charge in [-0.05, 0) is 87.4 Å². The maximum Gasteiger partial charge on any atom is 0.309 e. The van der Waals surface area contributed by atoms with E-state index < -0.39 is 29.5 Å². The first kappa shape index (κ1) is 50.0. The normalized spacial score (nSPS) is 13.0. The molecule has 0 spiro atoms. The fourth-order valence-corrected chi connectivity index (χ4v) is 6.33. The fourth-order valence-electron chi connectivity index (χ4n) is 6.21. The van der Waals surface area contributed by atoms with Gasteiger partial charge in [0.2, 0.25) is 0 Å². The highest BCUT2D eigenvalue weighted by Crippen LogP contribution is 2.22. The third-order valence-electron chi connectivity index (χ3n) is 9.63. The standard InChI is InChI=1S/C42H60ClFN8O10/c1-50(15-18-59-22-23-61-24-25-62-31-36-30-52(49-48-36)16-19-60-21-20-58-17-10-39(53)54)12-5-11-45-41(56)42(57)46-28-33-7-6-32(26-34(33)29-51-13-3-2-4-14-51)40(55)47-35-8-9-37(43)38(44)27-35/h6-9,26-27,30H,2-5,10-25,28-29,31H2,1H3,(H,45,56)(H,46,57)(H,47,55)(H,53,54). The zero-order valence-corrected chi connectivity index (χ0v) is 36.2. The van der Waals surface area contributed by atoms with Crippen molar-refractivity contribution < 1.29 is 52.4 Å². The van der Waals surface area contributed by atoms with Crippen molar-refractivity contribution in [3.05, 3.63) is 75.8 Å². The van der Waals surface area contributed by atoms with E-state index in [1.807, 2.05) is 7.05 Å². The average molecular weight is 891 g/mol. The van der Waals surface area contributed by atoms with Gasteiger partial charge < -0.3 is 49.6 Å². The Morgan fingerprint density at radius 2 is 1.52 bits per heavy atom. The summed E-state index contributed by atoms with van der Waals surface area (Å²) in [4.78, 5) is 53.2. The van der Waals surface area contributed by atoms with E-state index in [1.54, 1.807) is 29.1 Å². The number of piperidine rings is 1. The molecule has 3 amide bonds. The minimum absolute atomic E-state index is 0.0288. The predicted octanol–water partition coefficient (Wildman–Crippen LogP) is 3.12. The van der Waals surface area contributed by atoms with Gasteiger partial charge in [0, 0.05) is 37.4 Å². The molecule has 18 nitrogen and oxygen atoms in total. The van der Waals surface area contributed by atoms with Crippen LogP contribution in [0.5, 0.6) is 0 Å². The molecule has 20 heteroatoms. The highest BCUT2D eigenvalue weighted by Gasteiger charge is 2.18. The van der Waals surface area contributed by atoms with Gasteiger partial charge in [-0.25, -0.2) is 9.07 Å². The van der Waals surface area contributed by atoms with Crippen LogP contribution in [-0.2, 0) is 64.3 Å². The Kier molecular flexibility index (Phi) is 23.3. The quantitative estimate of drug-likeness (QED) is 0.0561. The summed E-state index contributed by atoms with van der Waals surface area (Å²) in [5.74, 6) is -3.38. The largest absolute Gasteiger partial charge is 0.481 e. The number of nitrogens with one attached hydrogen (secondary N) is 3. The molecule has 0 radical (unpaired) electrons. The maximum atomic E-state index is 13.9. The number of anilines is 1. The van der Waals surface area contributed by atoms with Crippen LogP contribution in [0.15, 0.2) is 42.6 Å². The molecule has 3 aromatic rings. The van der Waals surface area contributed by atoms with Crippen LogP contribution >= 0.6 is 11.6 Å². The first-order valence-electron chi connectivity index (χ1n) is 20.9. The first-order valence-corrected chi connectivity index (χ1v) is 21.3. The van der Waals surface area contributed by atoms with Crippen LogP contribution in [-0.4, -0.2) is 153 Å². The number of aromatic nitrogens is 3. The van der Waals surface area contributed by atoms with Gasteiger partial charge in [-0.15, -0.1) is 5.10 Å². The molecule has 0 atom stereocenters. The van der Waals surface area contributed by atoms with Crippen molar-refractivity contribution in [1.29, 1.82) is 0 Å². The molecule has 1 aliphatic heterocycles. The van der Waals surface area contributed by atoms with Crippen molar-refractivity contribution in [2.75, 3.05) is 105 Å². The first-order chi connectivity index (χ1) is 30.1. The summed E-state index contributed by atoms with van der Waals surface area (Å²) in [6.45, 7) is 8.57. The minimum Gasteiger partial charge on any atom is -0.481 e. The summed E-state index contributed by atoms with van der Waals surface area (Å²) in [6.07, 6.45) is 5.74. The Labute approximate surface area is 366 Å². The number of amides is 3. The Balaban J connectivity index is 1.01. The van der Waals surface area contributed by atoms with Crippen molar-refractivity contribution >= 4 is 41.0 Å². The molecular formula is C42H60ClFN8O10. The summed E-state index contributed by atoms with van der Waals surface area (Å²) in [7, 11) is 1.96. The number of carboxylic acids is 1. The predicted molar refractivity (Wildman–Crippen MR) is 227 cm³/mol. The van der Waals surface area contributed by atoms with Crippen LogP contribution in [0.3, 0.4) is 0 Å². The molecule has 0 saturated carbocycles. The molecule has 4 rings (SSSR count). The lowest BCUT2D eigenvalue weighted by molar-refractivity contribution is -0.139. The van der Waals surface area contributed by atoms with E-state index in [2.05, 4.69) is 36.1 Å². The van der Waals surface area contributed by atoms with Crippen LogP contribution in [0, 0.1) is 5.82 Å². The van der Waals surface area contributed by atoms with E-state index in [-0.39, 0.29) is 30.3 Å². The lowest BCUT2D eigenvalue weighted by atomic mass is 10.0. The van der Waals surface area contributed by atoms with Gasteiger partial charge in [-0.1, -0.05) is 29.3 Å². The van der Waals surface area contributed by atoms with Gasteiger partial charge in [0.15, 0.2) is 0 Å². The fraction of sp³-hybridized carbons (Fsp3) is 0.571. The highest BCUT2D eigenvalue weighted by atomic mass is 35.5. The van der Waals surface area contributed by atoms with Crippen molar-refractivity contribution in [2.24, 2.45) is 0 Å². The molecule has 2 aromatic carbocycles. The van der Waals surface area contributed by atoms with Crippen LogP contribution in [0.25, 0.3) is 0 Å². The smallest absolute Gasteiger partial charge is 0.309 e. The van der Waals surface area contributed by atoms with Crippen molar-refractivity contribution in [1.82, 2.24) is 35.4 Å². The number of halogens is 2. The molecule has 2 heterocycles. The molecule has 1 fully saturated rings. The second kappa shape index (κ2) is 28.9. The Morgan fingerprint density at radius 3 is 2.26 bits per heavy atom. The van der Waals surface area contributed by atoms with Crippen LogP contribution in [0.4, 0.5) is 10.1 Å². The van der Waals surface area contributed by atoms with Crippen LogP contribution in [0.1, 0.15) is 59.3 Å². The van der Waals surface area contributed by atoms with Gasteiger partial charge >= 0.3 is 17.8 Å². The molecule has 1 aliphatic rings. The number of aliphatic carboxylic acids is 1. The van der Waals surface area contributed by atoms with E-state index in [1.165, 1.54) is 18.6 Å². The van der Waals surface area contributed by atoms with E-state index in [9.17, 15) is 23.6 Å². The number of ether oxygens (including phenoxy) is 5. The molecule has 4 N–H and O–H groups in total. The van der Waals surface area contributed by atoms with E-state index in [0.717, 1.165) is 43.1 Å². The number of likely N-dealkylation sites (tertiary alicyclic amines) is 1. The number of nitrogens with zero attached hydrogens (tertiary/aromatic N) is 5. The zero-order chi connectivity index (χ0) is 44.4. The summed E-state index contributed by atoms with van der Waals surface area (Å²) in [6, 6.07) is 9.26. The van der Waals surface area contributed by atoms with Gasteiger partial charge in [0.25, 0.3) is 5.91 Å². The van der Waals surface area contributed by atoms with Gasteiger partial charge in [-0.3, -0.25) is 24.1 Å². The topological polar surface area (TPSA) is 208 Å². The minimum atomic E-state index is -0.894. The molecule has 62 heavy (non-hydrogen) atoms. The number of rotatable bonds is 30. The van der Waals surface area contributed by atoms with Crippen LogP contribution in [0.2, 0.25) is 5.02 Å². The number of hydrogen-bond donors (Lipinski definition) is 4. The number of benzene rings is 2. The van der Waals surface area contributed by atoms with Gasteiger partial charge in [-0.2, -0.15) is 0 Å². The lowest BCUT2D eigenvalue weighted by Gasteiger charge is -2.27. The van der Waals surface area contributed by atoms with E-state index >= 15 is 0 Å². The Morgan fingerprint density at radius 1 is 0.823 bits per heavy atom. The van der Waals surface area contributed by atoms with Crippen molar-refractivity contribution in [2.45, 2.75) is 58.3 Å². The molecule has 1 saturated heterocycles. The monoisotopic (exact) mass is 890 g/mol. The molecule has 0 bridgehead atoms. The molecule has 0 aliphatic carbocycles. The molecule has 342 valence electrons. The second-order valence-corrected chi connectivity index (χ2v) is 15.0. The summed E-state index contributed by atoms with van der Waals surface area (Å²) in [5.41, 5.74) is 3.02. The second-order valence-electron chi connectivity index (χ2n) is 14.6. The number of hydrogen-bond acceptors (Lipinski definition) is 13. The van der Waals surface area contributed by atoms with Crippen molar-refractivity contribution in [3.8, 4) is 0 Å². The third-order valence-corrected chi connectivity index (χ3v) is 9.94. The van der Waals surface area contributed by atoms with Gasteiger partial charge in [0.1, 0.15) is 11.5 Å². The summed E-state index contributed by atoms with van der Waals surface area (Å²) >= 11 is 5.78. The van der Waals surface area contributed by atoms with Crippen molar-refractivity contribution in [3.63, 3.8) is 0 Å². The lowest BCUT2D eigenvalue weighted by Crippen LogP contribution is -2.40. The third kappa shape index (κ3) is 20.1. The Bertz CT molecular complexity index is 1830. The SMILES string of the molecule is CN(CCCNC(=O)C(=O)NCc1ccc(C(=O)Nc2ccc(Cl)c(F)c2)cc1CN1CCCCC1)CCOCCOCCOCc1cn(CCOCCOCCC(=O)O)nn1. The zero-order valence-electron chi connectivity index (χ0n) is 35.4. The summed E-state index contributed by atoms with van der Waals surface area (Å²) < 4.78 is 43.1. The number of likely N-dealkylation sites (N-methyl/N-ethyl adjacent to an activating group) is 1. The van der Waals surface area contributed by atoms with Crippen LogP contribution < -0.4 is 16.0 Å². The highest BCUT2D eigenvalue weighted by molar-refractivity contribution is 6.35. The van der Waals surface area contributed by atoms with E-state index in [4.69, 9.17) is 40.4 Å². The summed E-state index contributed by atoms with van der Waals surface area (Å²) in [5, 5.41) is 24.8. The molecule has 1 aromatic heterocycles.